The van der Waals surface area contributed by atoms with Gasteiger partial charge in [0.05, 0.1) is 18.4 Å². The molecule has 0 aliphatic carbocycles. The highest BCUT2D eigenvalue weighted by molar-refractivity contribution is 5.89. The van der Waals surface area contributed by atoms with E-state index >= 15 is 0 Å². The Morgan fingerprint density at radius 2 is 2.22 bits per heavy atom. The Kier molecular flexibility index (Phi) is 3.41. The van der Waals surface area contributed by atoms with Crippen molar-refractivity contribution < 1.29 is 13.9 Å². The van der Waals surface area contributed by atoms with Crippen molar-refractivity contribution in [3.63, 3.8) is 0 Å². The number of nitrogens with zero attached hydrogens (tertiary/aromatic N) is 2. The quantitative estimate of drug-likeness (QED) is 0.783. The van der Waals surface area contributed by atoms with E-state index in [0.29, 0.717) is 5.69 Å². The van der Waals surface area contributed by atoms with Crippen molar-refractivity contribution in [2.75, 3.05) is 7.11 Å². The van der Waals surface area contributed by atoms with Crippen LogP contribution in [0.2, 0.25) is 0 Å². The molecule has 0 amide bonds. The van der Waals surface area contributed by atoms with Crippen LogP contribution in [0.5, 0.6) is 0 Å². The minimum absolute atomic E-state index is 0.171. The highest BCUT2D eigenvalue weighted by atomic mass is 19.1. The van der Waals surface area contributed by atoms with Gasteiger partial charge in [-0.3, -0.25) is 0 Å². The average molecular weight is 248 g/mol. The normalized spacial score (nSPS) is 10.4. The highest BCUT2D eigenvalue weighted by Crippen LogP contribution is 2.16. The topological polar surface area (TPSA) is 44.1 Å². The van der Waals surface area contributed by atoms with E-state index in [0.717, 1.165) is 18.2 Å². The molecule has 0 unspecified atom stereocenters. The molecule has 0 bridgehead atoms. The number of methoxy groups -OCH3 is 1. The van der Waals surface area contributed by atoms with Crippen LogP contribution in [0.25, 0.3) is 5.69 Å². The molecule has 0 atom stereocenters. The fourth-order valence-electron chi connectivity index (χ4n) is 1.76. The summed E-state index contributed by atoms with van der Waals surface area (Å²) in [6.07, 6.45) is 2.41. The summed E-state index contributed by atoms with van der Waals surface area (Å²) >= 11 is 0. The standard InChI is InChI=1S/C13H13FN2O2/c1-3-11-4-5-15-16(11)12-7-9(13(17)18-2)6-10(14)8-12/h4-8H,3H2,1-2H3. The molecule has 18 heavy (non-hydrogen) atoms. The summed E-state index contributed by atoms with van der Waals surface area (Å²) in [4.78, 5) is 11.4. The number of ether oxygens (including phenoxy) is 1. The van der Waals surface area contributed by atoms with E-state index in [-0.39, 0.29) is 5.56 Å². The molecule has 0 radical (unpaired) electrons. The van der Waals surface area contributed by atoms with Crippen LogP contribution in [0.1, 0.15) is 23.0 Å². The third-order valence-electron chi connectivity index (χ3n) is 2.63. The second kappa shape index (κ2) is 5.00. The Morgan fingerprint density at radius 3 is 2.89 bits per heavy atom. The van der Waals surface area contributed by atoms with E-state index in [2.05, 4.69) is 9.84 Å². The third-order valence-corrected chi connectivity index (χ3v) is 2.63. The van der Waals surface area contributed by atoms with Gasteiger partial charge < -0.3 is 4.74 Å². The average Bonchev–Trinajstić information content (AvgIpc) is 2.85. The van der Waals surface area contributed by atoms with Gasteiger partial charge in [-0.15, -0.1) is 0 Å². The number of aromatic nitrogens is 2. The predicted octanol–water partition coefficient (Wildman–Crippen LogP) is 2.36. The molecular weight excluding hydrogens is 235 g/mol. The molecule has 0 aliphatic rings. The number of rotatable bonds is 3. The molecule has 0 spiro atoms. The fourth-order valence-corrected chi connectivity index (χ4v) is 1.76. The van der Waals surface area contributed by atoms with Crippen molar-refractivity contribution in [2.45, 2.75) is 13.3 Å². The van der Waals surface area contributed by atoms with E-state index in [1.807, 2.05) is 13.0 Å². The molecule has 5 heteroatoms. The summed E-state index contributed by atoms with van der Waals surface area (Å²) in [5.41, 5.74) is 1.62. The molecule has 0 saturated heterocycles. The number of hydrogen-bond donors (Lipinski definition) is 0. The molecule has 94 valence electrons. The molecular formula is C13H13FN2O2. The van der Waals surface area contributed by atoms with Crippen LogP contribution >= 0.6 is 0 Å². The lowest BCUT2D eigenvalue weighted by Crippen LogP contribution is -2.06. The molecule has 1 heterocycles. The number of esters is 1. The lowest BCUT2D eigenvalue weighted by molar-refractivity contribution is 0.0600. The molecule has 0 aliphatic heterocycles. The molecule has 0 N–H and O–H groups in total. The van der Waals surface area contributed by atoms with Gasteiger partial charge in [0, 0.05) is 11.9 Å². The van der Waals surface area contributed by atoms with E-state index in [9.17, 15) is 9.18 Å². The van der Waals surface area contributed by atoms with E-state index < -0.39 is 11.8 Å². The van der Waals surface area contributed by atoms with Crippen molar-refractivity contribution in [1.29, 1.82) is 0 Å². The Morgan fingerprint density at radius 1 is 1.44 bits per heavy atom. The molecule has 0 saturated carbocycles. The fraction of sp³-hybridized carbons (Fsp3) is 0.231. The van der Waals surface area contributed by atoms with E-state index in [4.69, 9.17) is 0 Å². The largest absolute Gasteiger partial charge is 0.465 e. The van der Waals surface area contributed by atoms with Crippen LogP contribution in [0.15, 0.2) is 30.5 Å². The zero-order valence-electron chi connectivity index (χ0n) is 10.2. The maximum Gasteiger partial charge on any atom is 0.338 e. The smallest absolute Gasteiger partial charge is 0.338 e. The second-order valence-electron chi connectivity index (χ2n) is 3.78. The summed E-state index contributed by atoms with van der Waals surface area (Å²) in [6.45, 7) is 1.98. The monoisotopic (exact) mass is 248 g/mol. The van der Waals surface area contributed by atoms with Crippen molar-refractivity contribution in [2.24, 2.45) is 0 Å². The number of carbonyl (C=O) groups excluding carboxylic acids is 1. The summed E-state index contributed by atoms with van der Waals surface area (Å²) < 4.78 is 19.7. The van der Waals surface area contributed by atoms with Crippen LogP contribution in [0.4, 0.5) is 4.39 Å². The first-order valence-corrected chi connectivity index (χ1v) is 5.58. The Labute approximate surface area is 104 Å². The van der Waals surface area contributed by atoms with Crippen LogP contribution in [-0.4, -0.2) is 22.9 Å². The van der Waals surface area contributed by atoms with Crippen molar-refractivity contribution in [1.82, 2.24) is 9.78 Å². The zero-order valence-corrected chi connectivity index (χ0v) is 10.2. The van der Waals surface area contributed by atoms with Gasteiger partial charge in [0.2, 0.25) is 0 Å². The number of hydrogen-bond acceptors (Lipinski definition) is 3. The van der Waals surface area contributed by atoms with Crippen LogP contribution in [0.3, 0.4) is 0 Å². The van der Waals surface area contributed by atoms with Gasteiger partial charge in [0.15, 0.2) is 0 Å². The summed E-state index contributed by atoms with van der Waals surface area (Å²) in [5.74, 6) is -1.06. The first-order valence-electron chi connectivity index (χ1n) is 5.58. The molecule has 1 aromatic carbocycles. The first kappa shape index (κ1) is 12.3. The predicted molar refractivity (Wildman–Crippen MR) is 64.2 cm³/mol. The van der Waals surface area contributed by atoms with Gasteiger partial charge in [-0.05, 0) is 30.7 Å². The summed E-state index contributed by atoms with van der Waals surface area (Å²) in [7, 11) is 1.26. The zero-order chi connectivity index (χ0) is 13.1. The number of aryl methyl sites for hydroxylation is 1. The third kappa shape index (κ3) is 2.25. The van der Waals surface area contributed by atoms with Gasteiger partial charge in [-0.25, -0.2) is 13.9 Å². The molecule has 0 fully saturated rings. The Hall–Kier alpha value is -2.17. The summed E-state index contributed by atoms with van der Waals surface area (Å²) in [5, 5.41) is 4.12. The first-order chi connectivity index (χ1) is 8.65. The van der Waals surface area contributed by atoms with Crippen molar-refractivity contribution in [3.8, 4) is 5.69 Å². The number of carbonyl (C=O) groups is 1. The molecule has 2 aromatic rings. The van der Waals surface area contributed by atoms with Gasteiger partial charge in [-0.1, -0.05) is 6.92 Å². The second-order valence-corrected chi connectivity index (χ2v) is 3.78. The SMILES string of the molecule is CCc1ccnn1-c1cc(F)cc(C(=O)OC)c1. The van der Waals surface area contributed by atoms with Crippen molar-refractivity contribution >= 4 is 5.97 Å². The minimum atomic E-state index is -0.569. The Bertz CT molecular complexity index is 578. The number of halogens is 1. The number of benzene rings is 1. The van der Waals surface area contributed by atoms with Crippen LogP contribution < -0.4 is 0 Å². The van der Waals surface area contributed by atoms with Gasteiger partial charge in [0.1, 0.15) is 5.82 Å². The summed E-state index contributed by atoms with van der Waals surface area (Å²) in [6, 6.07) is 5.88. The van der Waals surface area contributed by atoms with Gasteiger partial charge in [-0.2, -0.15) is 5.10 Å². The molecule has 1 aromatic heterocycles. The van der Waals surface area contributed by atoms with Gasteiger partial charge >= 0.3 is 5.97 Å². The maximum absolute atomic E-state index is 13.5. The lowest BCUT2D eigenvalue weighted by atomic mass is 10.2. The maximum atomic E-state index is 13.5. The molecule has 2 rings (SSSR count). The molecule has 4 nitrogen and oxygen atoms in total. The van der Waals surface area contributed by atoms with Gasteiger partial charge in [0.25, 0.3) is 0 Å². The van der Waals surface area contributed by atoms with Crippen LogP contribution in [-0.2, 0) is 11.2 Å². The minimum Gasteiger partial charge on any atom is -0.465 e. The van der Waals surface area contributed by atoms with Crippen LogP contribution in [0, 0.1) is 5.82 Å². The van der Waals surface area contributed by atoms with Crippen molar-refractivity contribution in [3.05, 3.63) is 47.5 Å². The lowest BCUT2D eigenvalue weighted by Gasteiger charge is -2.08. The highest BCUT2D eigenvalue weighted by Gasteiger charge is 2.11. The Balaban J connectivity index is 2.51. The van der Waals surface area contributed by atoms with E-state index in [1.165, 1.54) is 13.2 Å². The van der Waals surface area contributed by atoms with E-state index in [1.54, 1.807) is 16.9 Å².